The maximum atomic E-state index is 12.5. The van der Waals surface area contributed by atoms with Crippen LogP contribution in [0.15, 0.2) is 82.0 Å². The zero-order chi connectivity index (χ0) is 21.8. The Morgan fingerprint density at radius 3 is 2.55 bits per heavy atom. The fraction of sp³-hybridized carbons (Fsp3) is 0.120. The van der Waals surface area contributed by atoms with Gasteiger partial charge in [0.2, 0.25) is 0 Å². The highest BCUT2D eigenvalue weighted by Gasteiger charge is 2.10. The molecule has 0 atom stereocenters. The molecule has 6 nitrogen and oxygen atoms in total. The number of para-hydroxylation sites is 2. The van der Waals surface area contributed by atoms with Gasteiger partial charge in [-0.2, -0.15) is 0 Å². The molecule has 0 radical (unpaired) electrons. The van der Waals surface area contributed by atoms with Crippen LogP contribution in [-0.4, -0.2) is 13.0 Å². The second kappa shape index (κ2) is 8.75. The van der Waals surface area contributed by atoms with Crippen molar-refractivity contribution in [1.29, 1.82) is 0 Å². The first-order chi connectivity index (χ1) is 15.0. The first-order valence-electron chi connectivity index (χ1n) is 9.74. The van der Waals surface area contributed by atoms with E-state index < -0.39 is 0 Å². The van der Waals surface area contributed by atoms with Gasteiger partial charge in [0.05, 0.1) is 12.8 Å². The molecule has 1 N–H and O–H groups in total. The van der Waals surface area contributed by atoms with Crippen molar-refractivity contribution in [2.24, 2.45) is 0 Å². The molecule has 1 aromatic heterocycles. The lowest BCUT2D eigenvalue weighted by atomic mass is 10.1. The van der Waals surface area contributed by atoms with Crippen LogP contribution in [0.3, 0.4) is 0 Å². The predicted molar refractivity (Wildman–Crippen MR) is 119 cm³/mol. The van der Waals surface area contributed by atoms with E-state index in [2.05, 4.69) is 5.32 Å². The highest BCUT2D eigenvalue weighted by Crippen LogP contribution is 2.24. The van der Waals surface area contributed by atoms with E-state index >= 15 is 0 Å². The normalized spacial score (nSPS) is 10.6. The number of fused-ring (bicyclic) bond motifs is 1. The number of nitrogens with one attached hydrogen (secondary N) is 1. The van der Waals surface area contributed by atoms with Crippen molar-refractivity contribution in [3.63, 3.8) is 0 Å². The molecular formula is C25H21NO5. The lowest BCUT2D eigenvalue weighted by Crippen LogP contribution is -2.12. The topological polar surface area (TPSA) is 77.8 Å². The Morgan fingerprint density at radius 1 is 1.00 bits per heavy atom. The highest BCUT2D eigenvalue weighted by molar-refractivity contribution is 6.05. The monoisotopic (exact) mass is 415 g/mol. The number of ether oxygens (including phenoxy) is 2. The number of aryl methyl sites for hydroxylation is 1. The summed E-state index contributed by atoms with van der Waals surface area (Å²) >= 11 is 0. The molecule has 0 unspecified atom stereocenters. The van der Waals surface area contributed by atoms with E-state index in [1.165, 1.54) is 6.07 Å². The van der Waals surface area contributed by atoms with Crippen LogP contribution in [0, 0.1) is 6.92 Å². The van der Waals surface area contributed by atoms with E-state index in [-0.39, 0.29) is 11.5 Å². The van der Waals surface area contributed by atoms with Crippen LogP contribution < -0.4 is 20.4 Å². The van der Waals surface area contributed by atoms with Gasteiger partial charge < -0.3 is 19.2 Å². The molecule has 3 aromatic carbocycles. The number of methoxy groups -OCH3 is 1. The Bertz CT molecular complexity index is 1290. The van der Waals surface area contributed by atoms with E-state index in [1.807, 2.05) is 43.3 Å². The minimum atomic E-state index is -0.385. The van der Waals surface area contributed by atoms with Crippen molar-refractivity contribution < 1.29 is 18.7 Å². The molecule has 0 saturated carbocycles. The molecule has 4 aromatic rings. The largest absolute Gasteiger partial charge is 0.495 e. The van der Waals surface area contributed by atoms with Gasteiger partial charge in [0.25, 0.3) is 5.91 Å². The Labute approximate surface area is 179 Å². The van der Waals surface area contributed by atoms with Crippen molar-refractivity contribution in [3.8, 4) is 11.5 Å². The zero-order valence-electron chi connectivity index (χ0n) is 17.2. The average Bonchev–Trinajstić information content (AvgIpc) is 2.78. The summed E-state index contributed by atoms with van der Waals surface area (Å²) in [5, 5.41) is 3.72. The van der Waals surface area contributed by atoms with Crippen LogP contribution in [0.25, 0.3) is 11.0 Å². The fourth-order valence-electron chi connectivity index (χ4n) is 3.26. The molecule has 1 heterocycles. The van der Waals surface area contributed by atoms with Gasteiger partial charge in [0.15, 0.2) is 0 Å². The Hall–Kier alpha value is -4.06. The molecule has 0 fully saturated rings. The quantitative estimate of drug-likeness (QED) is 0.451. The lowest BCUT2D eigenvalue weighted by Gasteiger charge is -2.11. The van der Waals surface area contributed by atoms with Gasteiger partial charge >= 0.3 is 5.63 Å². The van der Waals surface area contributed by atoms with E-state index in [0.717, 1.165) is 16.5 Å². The minimum absolute atomic E-state index is 0.225. The van der Waals surface area contributed by atoms with Gasteiger partial charge in [-0.05, 0) is 54.4 Å². The zero-order valence-corrected chi connectivity index (χ0v) is 17.2. The molecule has 4 rings (SSSR count). The third-order valence-electron chi connectivity index (χ3n) is 4.90. The number of anilines is 1. The lowest BCUT2D eigenvalue weighted by molar-refractivity contribution is 0.102. The summed E-state index contributed by atoms with van der Waals surface area (Å²) in [6.07, 6.45) is 0. The van der Waals surface area contributed by atoms with Crippen LogP contribution >= 0.6 is 0 Å². The predicted octanol–water partition coefficient (Wildman–Crippen LogP) is 4.94. The molecule has 0 spiro atoms. The summed E-state index contributed by atoms with van der Waals surface area (Å²) in [7, 11) is 1.56. The van der Waals surface area contributed by atoms with Gasteiger partial charge in [-0.25, -0.2) is 4.79 Å². The smallest absolute Gasteiger partial charge is 0.336 e. The van der Waals surface area contributed by atoms with Crippen molar-refractivity contribution >= 4 is 22.6 Å². The second-order valence-electron chi connectivity index (χ2n) is 7.05. The summed E-state index contributed by atoms with van der Waals surface area (Å²) in [5.41, 5.74) is 3.01. The maximum Gasteiger partial charge on any atom is 0.336 e. The first kappa shape index (κ1) is 20.2. The third kappa shape index (κ3) is 4.59. The number of hydrogen-bond donors (Lipinski definition) is 1. The molecule has 0 aliphatic heterocycles. The van der Waals surface area contributed by atoms with Gasteiger partial charge in [0.1, 0.15) is 23.7 Å². The molecule has 1 amide bonds. The first-order valence-corrected chi connectivity index (χ1v) is 9.74. The van der Waals surface area contributed by atoms with E-state index in [9.17, 15) is 9.59 Å². The molecule has 0 bridgehead atoms. The van der Waals surface area contributed by atoms with Crippen LogP contribution in [0.1, 0.15) is 21.5 Å². The average molecular weight is 415 g/mol. The number of carbonyl (C=O) groups is 1. The summed E-state index contributed by atoms with van der Waals surface area (Å²) < 4.78 is 16.3. The van der Waals surface area contributed by atoms with Gasteiger partial charge in [-0.1, -0.05) is 24.3 Å². The maximum absolute atomic E-state index is 12.5. The molecule has 31 heavy (non-hydrogen) atoms. The molecule has 156 valence electrons. The molecule has 6 heteroatoms. The minimum Gasteiger partial charge on any atom is -0.495 e. The molecule has 0 aliphatic carbocycles. The van der Waals surface area contributed by atoms with Crippen molar-refractivity contribution in [2.75, 3.05) is 12.4 Å². The highest BCUT2D eigenvalue weighted by atomic mass is 16.5. The third-order valence-corrected chi connectivity index (χ3v) is 4.90. The Kier molecular flexibility index (Phi) is 5.71. The summed E-state index contributed by atoms with van der Waals surface area (Å²) in [5.74, 6) is 0.971. The summed E-state index contributed by atoms with van der Waals surface area (Å²) in [4.78, 5) is 24.1. The van der Waals surface area contributed by atoms with Crippen LogP contribution in [0.2, 0.25) is 0 Å². The second-order valence-corrected chi connectivity index (χ2v) is 7.05. The van der Waals surface area contributed by atoms with Crippen molar-refractivity contribution in [1.82, 2.24) is 0 Å². The molecule has 0 aliphatic rings. The molecular weight excluding hydrogens is 394 g/mol. The Morgan fingerprint density at radius 2 is 1.77 bits per heavy atom. The van der Waals surface area contributed by atoms with Gasteiger partial charge in [0, 0.05) is 23.1 Å². The van der Waals surface area contributed by atoms with E-state index in [1.54, 1.807) is 37.4 Å². The van der Waals surface area contributed by atoms with E-state index in [0.29, 0.717) is 34.9 Å². The van der Waals surface area contributed by atoms with E-state index in [4.69, 9.17) is 13.9 Å². The number of benzene rings is 3. The Balaban J connectivity index is 1.42. The standard InChI is InChI=1S/C25H21NO5/c1-16-13-24(27)31-23-14-19(11-12-20(16)23)30-15-17-7-9-18(10-8-17)25(28)26-21-5-3-4-6-22(21)29-2/h3-14H,15H2,1-2H3,(H,26,28). The molecule has 0 saturated heterocycles. The number of hydrogen-bond acceptors (Lipinski definition) is 5. The van der Waals surface area contributed by atoms with Crippen molar-refractivity contribution in [3.05, 3.63) is 99.9 Å². The SMILES string of the molecule is COc1ccccc1NC(=O)c1ccc(COc2ccc3c(C)cc(=O)oc3c2)cc1. The summed E-state index contributed by atoms with van der Waals surface area (Å²) in [6, 6.07) is 21.3. The van der Waals surface area contributed by atoms with Crippen molar-refractivity contribution in [2.45, 2.75) is 13.5 Å². The van der Waals surface area contributed by atoms with Gasteiger partial charge in [-0.3, -0.25) is 4.79 Å². The van der Waals surface area contributed by atoms with Crippen LogP contribution in [-0.2, 0) is 6.61 Å². The number of amides is 1. The number of carbonyl (C=O) groups excluding carboxylic acids is 1. The fourth-order valence-corrected chi connectivity index (χ4v) is 3.26. The number of rotatable bonds is 6. The summed E-state index contributed by atoms with van der Waals surface area (Å²) in [6.45, 7) is 2.18. The van der Waals surface area contributed by atoms with Crippen LogP contribution in [0.5, 0.6) is 11.5 Å². The van der Waals surface area contributed by atoms with Crippen LogP contribution in [0.4, 0.5) is 5.69 Å². The van der Waals surface area contributed by atoms with Gasteiger partial charge in [-0.15, -0.1) is 0 Å².